The molecule has 8 nitrogen and oxygen atoms in total. The predicted molar refractivity (Wildman–Crippen MR) is 94.1 cm³/mol. The van der Waals surface area contributed by atoms with Gasteiger partial charge in [0, 0.05) is 18.7 Å². The molecular weight excluding hydrogens is 360 g/mol. The van der Waals surface area contributed by atoms with Gasteiger partial charge in [0.2, 0.25) is 5.91 Å². The SMILES string of the molecule is Cc1ccc(S(=O)(=O)OCCNC(=O)Cc2ccc([N+](=O)[O-])cc2)cc1. The zero-order chi connectivity index (χ0) is 19.2. The largest absolute Gasteiger partial charge is 0.353 e. The molecule has 0 aliphatic rings. The Balaban J connectivity index is 1.77. The minimum absolute atomic E-state index is 0.0247. The molecule has 1 amide bonds. The van der Waals surface area contributed by atoms with Crippen LogP contribution in [0.4, 0.5) is 5.69 Å². The predicted octanol–water partition coefficient (Wildman–Crippen LogP) is 1.97. The van der Waals surface area contributed by atoms with Crippen molar-refractivity contribution in [2.24, 2.45) is 0 Å². The summed E-state index contributed by atoms with van der Waals surface area (Å²) in [6, 6.07) is 11.9. The average molecular weight is 378 g/mol. The van der Waals surface area contributed by atoms with Crippen LogP contribution in [0, 0.1) is 17.0 Å². The van der Waals surface area contributed by atoms with E-state index in [-0.39, 0.29) is 36.1 Å². The van der Waals surface area contributed by atoms with E-state index < -0.39 is 15.0 Å². The Kier molecular flexibility index (Phi) is 6.42. The van der Waals surface area contributed by atoms with Gasteiger partial charge in [0.05, 0.1) is 22.8 Å². The first-order valence-corrected chi connectivity index (χ1v) is 9.15. The highest BCUT2D eigenvalue weighted by molar-refractivity contribution is 7.86. The third-order valence-corrected chi connectivity index (χ3v) is 4.81. The molecule has 138 valence electrons. The highest BCUT2D eigenvalue weighted by atomic mass is 32.2. The molecule has 0 saturated heterocycles. The number of hydrogen-bond acceptors (Lipinski definition) is 6. The lowest BCUT2D eigenvalue weighted by Crippen LogP contribution is -2.29. The van der Waals surface area contributed by atoms with Crippen molar-refractivity contribution in [3.8, 4) is 0 Å². The number of nitro groups is 1. The zero-order valence-corrected chi connectivity index (χ0v) is 14.9. The third-order valence-electron chi connectivity index (χ3n) is 3.48. The van der Waals surface area contributed by atoms with Crippen LogP contribution in [-0.4, -0.2) is 32.4 Å². The molecule has 0 spiro atoms. The second-order valence-electron chi connectivity index (χ2n) is 5.54. The van der Waals surface area contributed by atoms with Gasteiger partial charge in [0.1, 0.15) is 0 Å². The molecule has 0 unspecified atom stereocenters. The smallest absolute Gasteiger partial charge is 0.297 e. The topological polar surface area (TPSA) is 116 Å². The highest BCUT2D eigenvalue weighted by Gasteiger charge is 2.14. The van der Waals surface area contributed by atoms with Crippen molar-refractivity contribution >= 4 is 21.7 Å². The van der Waals surface area contributed by atoms with Crippen molar-refractivity contribution in [2.75, 3.05) is 13.2 Å². The fourth-order valence-electron chi connectivity index (χ4n) is 2.10. The number of non-ortho nitro benzene ring substituents is 1. The van der Waals surface area contributed by atoms with E-state index in [1.807, 2.05) is 6.92 Å². The Hall–Kier alpha value is -2.78. The van der Waals surface area contributed by atoms with Gasteiger partial charge in [0.15, 0.2) is 0 Å². The summed E-state index contributed by atoms with van der Waals surface area (Å²) in [6.45, 7) is 1.68. The Morgan fingerprint density at radius 1 is 1.12 bits per heavy atom. The fraction of sp³-hybridized carbons (Fsp3) is 0.235. The van der Waals surface area contributed by atoms with Gasteiger partial charge in [0.25, 0.3) is 15.8 Å². The van der Waals surface area contributed by atoms with Crippen molar-refractivity contribution in [1.82, 2.24) is 5.32 Å². The number of hydrogen-bond donors (Lipinski definition) is 1. The minimum atomic E-state index is -3.86. The van der Waals surface area contributed by atoms with Crippen molar-refractivity contribution in [3.63, 3.8) is 0 Å². The molecule has 0 bridgehead atoms. The van der Waals surface area contributed by atoms with Gasteiger partial charge in [-0.25, -0.2) is 0 Å². The molecule has 0 aromatic heterocycles. The number of carbonyl (C=O) groups is 1. The summed E-state index contributed by atoms with van der Waals surface area (Å²) in [5.41, 5.74) is 1.49. The van der Waals surface area contributed by atoms with Gasteiger partial charge >= 0.3 is 0 Å². The van der Waals surface area contributed by atoms with E-state index in [2.05, 4.69) is 5.32 Å². The van der Waals surface area contributed by atoms with Crippen LogP contribution in [0.3, 0.4) is 0 Å². The van der Waals surface area contributed by atoms with Crippen LogP contribution in [-0.2, 0) is 25.5 Å². The monoisotopic (exact) mass is 378 g/mol. The molecule has 0 saturated carbocycles. The molecule has 0 fully saturated rings. The van der Waals surface area contributed by atoms with Crippen LogP contribution in [0.15, 0.2) is 53.4 Å². The van der Waals surface area contributed by atoms with Gasteiger partial charge in [-0.05, 0) is 24.6 Å². The molecule has 0 atom stereocenters. The van der Waals surface area contributed by atoms with E-state index in [9.17, 15) is 23.3 Å². The molecule has 26 heavy (non-hydrogen) atoms. The van der Waals surface area contributed by atoms with Crippen LogP contribution in [0.25, 0.3) is 0 Å². The summed E-state index contributed by atoms with van der Waals surface area (Å²) < 4.78 is 28.8. The first-order chi connectivity index (χ1) is 12.3. The van der Waals surface area contributed by atoms with Crippen molar-refractivity contribution in [3.05, 3.63) is 69.8 Å². The Bertz CT molecular complexity index is 876. The summed E-state index contributed by atoms with van der Waals surface area (Å²) >= 11 is 0. The number of rotatable bonds is 8. The van der Waals surface area contributed by atoms with Gasteiger partial charge in [-0.1, -0.05) is 29.8 Å². The van der Waals surface area contributed by atoms with E-state index in [1.165, 1.54) is 36.4 Å². The van der Waals surface area contributed by atoms with Gasteiger partial charge in [-0.2, -0.15) is 8.42 Å². The lowest BCUT2D eigenvalue weighted by atomic mass is 10.1. The summed E-state index contributed by atoms with van der Waals surface area (Å²) in [7, 11) is -3.86. The van der Waals surface area contributed by atoms with Crippen molar-refractivity contribution in [1.29, 1.82) is 0 Å². The number of carbonyl (C=O) groups excluding carboxylic acids is 1. The van der Waals surface area contributed by atoms with Gasteiger partial charge in [-0.3, -0.25) is 19.1 Å². The Labute approximate surface area is 151 Å². The Morgan fingerprint density at radius 2 is 1.73 bits per heavy atom. The van der Waals surface area contributed by atoms with E-state index in [0.29, 0.717) is 5.56 Å². The number of benzene rings is 2. The number of aryl methyl sites for hydroxylation is 1. The second-order valence-corrected chi connectivity index (χ2v) is 7.15. The summed E-state index contributed by atoms with van der Waals surface area (Å²) in [6.07, 6.45) is 0.0305. The molecule has 9 heteroatoms. The molecule has 2 rings (SSSR count). The molecule has 0 radical (unpaired) electrons. The summed E-state index contributed by atoms with van der Waals surface area (Å²) in [5, 5.41) is 13.1. The van der Waals surface area contributed by atoms with E-state index in [0.717, 1.165) is 5.56 Å². The maximum Gasteiger partial charge on any atom is 0.297 e. The van der Waals surface area contributed by atoms with Gasteiger partial charge in [-0.15, -0.1) is 0 Å². The molecule has 1 N–H and O–H groups in total. The highest BCUT2D eigenvalue weighted by Crippen LogP contribution is 2.13. The van der Waals surface area contributed by atoms with Crippen molar-refractivity contribution in [2.45, 2.75) is 18.2 Å². The quantitative estimate of drug-likeness (QED) is 0.325. The Morgan fingerprint density at radius 3 is 2.31 bits per heavy atom. The molecule has 0 heterocycles. The third kappa shape index (κ3) is 5.64. The first-order valence-electron chi connectivity index (χ1n) is 7.74. The molecule has 2 aromatic carbocycles. The lowest BCUT2D eigenvalue weighted by molar-refractivity contribution is -0.384. The average Bonchev–Trinajstić information content (AvgIpc) is 2.59. The van der Waals surface area contributed by atoms with E-state index in [4.69, 9.17) is 4.18 Å². The van der Waals surface area contributed by atoms with Crippen LogP contribution in [0.1, 0.15) is 11.1 Å². The maximum absolute atomic E-state index is 12.0. The second kappa shape index (κ2) is 8.54. The number of amides is 1. The number of nitrogens with one attached hydrogen (secondary N) is 1. The lowest BCUT2D eigenvalue weighted by Gasteiger charge is -2.07. The normalized spacial score (nSPS) is 11.1. The summed E-state index contributed by atoms with van der Waals surface area (Å²) in [5.74, 6) is -0.338. The standard InChI is InChI=1S/C17H18N2O6S/c1-13-2-8-16(9-3-13)26(23,24)25-11-10-18-17(20)12-14-4-6-15(7-5-14)19(21)22/h2-9H,10-12H2,1H3,(H,18,20). The van der Waals surface area contributed by atoms with Crippen LogP contribution < -0.4 is 5.32 Å². The molecular formula is C17H18N2O6S. The fourth-order valence-corrected chi connectivity index (χ4v) is 3.01. The molecule has 2 aromatic rings. The summed E-state index contributed by atoms with van der Waals surface area (Å²) in [4.78, 5) is 21.9. The molecule has 0 aliphatic carbocycles. The zero-order valence-electron chi connectivity index (χ0n) is 14.0. The maximum atomic E-state index is 12.0. The van der Waals surface area contributed by atoms with E-state index in [1.54, 1.807) is 12.1 Å². The molecule has 0 aliphatic heterocycles. The first kappa shape index (κ1) is 19.5. The van der Waals surface area contributed by atoms with Crippen LogP contribution in [0.5, 0.6) is 0 Å². The van der Waals surface area contributed by atoms with Crippen LogP contribution >= 0.6 is 0 Å². The number of nitrogens with zero attached hydrogens (tertiary/aromatic N) is 1. The van der Waals surface area contributed by atoms with E-state index >= 15 is 0 Å². The van der Waals surface area contributed by atoms with Crippen molar-refractivity contribution < 1.29 is 22.3 Å². The minimum Gasteiger partial charge on any atom is -0.353 e. The number of nitro benzene ring substituents is 1. The van der Waals surface area contributed by atoms with Gasteiger partial charge < -0.3 is 5.32 Å². The van der Waals surface area contributed by atoms with Crippen LogP contribution in [0.2, 0.25) is 0 Å².